The number of hydrazone groups is 1. The molecule has 0 spiro atoms. The Labute approximate surface area is 143 Å². The normalized spacial score (nSPS) is 16.3. The third kappa shape index (κ3) is 3.57. The van der Waals surface area contributed by atoms with Crippen molar-refractivity contribution in [3.63, 3.8) is 0 Å². The minimum Gasteiger partial charge on any atom is -0.428 e. The highest BCUT2D eigenvalue weighted by Gasteiger charge is 2.31. The summed E-state index contributed by atoms with van der Waals surface area (Å²) in [5.41, 5.74) is 0.0694. The Hall–Kier alpha value is -3.43. The summed E-state index contributed by atoms with van der Waals surface area (Å²) in [5, 5.41) is 10.1. The zero-order valence-electron chi connectivity index (χ0n) is 14.2. The van der Waals surface area contributed by atoms with E-state index in [-0.39, 0.29) is 28.3 Å². The van der Waals surface area contributed by atoms with Crippen molar-refractivity contribution < 1.29 is 14.3 Å². The van der Waals surface area contributed by atoms with Gasteiger partial charge >= 0.3 is 0 Å². The van der Waals surface area contributed by atoms with E-state index in [1.54, 1.807) is 7.05 Å². The van der Waals surface area contributed by atoms with E-state index in [1.165, 1.54) is 50.5 Å². The van der Waals surface area contributed by atoms with Crippen LogP contribution in [0.3, 0.4) is 0 Å². The van der Waals surface area contributed by atoms with Gasteiger partial charge in [0.1, 0.15) is 5.56 Å². The second kappa shape index (κ2) is 7.43. The Morgan fingerprint density at radius 3 is 2.72 bits per heavy atom. The van der Waals surface area contributed by atoms with E-state index < -0.39 is 11.8 Å². The fourth-order valence-corrected chi connectivity index (χ4v) is 2.09. The average molecular weight is 346 g/mol. The molecule has 0 bridgehead atoms. The van der Waals surface area contributed by atoms with Crippen LogP contribution < -0.4 is 15.6 Å². The quantitative estimate of drug-likeness (QED) is 0.414. The van der Waals surface area contributed by atoms with E-state index >= 15 is 0 Å². The van der Waals surface area contributed by atoms with Gasteiger partial charge in [0.15, 0.2) is 12.1 Å². The van der Waals surface area contributed by atoms with Crippen LogP contribution in [0.2, 0.25) is 0 Å². The first-order chi connectivity index (χ1) is 11.9. The molecule has 1 aromatic rings. The molecule has 10 nitrogen and oxygen atoms in total. The number of carbonyl (C=O) groups is 2. The number of aliphatic imine (C=N–C) groups is 1. The SMILES string of the molecule is CN=COc1[nH]n(C)c(=O)c1C=C/C=C1\C(=O)N(C)N=C1C(=O)NC. The van der Waals surface area contributed by atoms with Crippen LogP contribution in [-0.4, -0.2) is 59.9 Å². The third-order valence-corrected chi connectivity index (χ3v) is 3.32. The monoisotopic (exact) mass is 346 g/mol. The summed E-state index contributed by atoms with van der Waals surface area (Å²) in [6.45, 7) is 0. The maximum absolute atomic E-state index is 12.1. The molecule has 2 rings (SSSR count). The molecule has 0 atom stereocenters. The van der Waals surface area contributed by atoms with Gasteiger partial charge in [-0.15, -0.1) is 0 Å². The van der Waals surface area contributed by atoms with Gasteiger partial charge in [0.25, 0.3) is 17.4 Å². The Morgan fingerprint density at radius 2 is 2.08 bits per heavy atom. The van der Waals surface area contributed by atoms with Crippen molar-refractivity contribution in [1.82, 2.24) is 20.1 Å². The van der Waals surface area contributed by atoms with Gasteiger partial charge in [0.05, 0.1) is 5.57 Å². The highest BCUT2D eigenvalue weighted by Crippen LogP contribution is 2.16. The molecule has 0 aromatic carbocycles. The summed E-state index contributed by atoms with van der Waals surface area (Å²) in [6.07, 6.45) is 5.56. The lowest BCUT2D eigenvalue weighted by Gasteiger charge is -2.00. The van der Waals surface area contributed by atoms with Crippen molar-refractivity contribution in [1.29, 1.82) is 0 Å². The van der Waals surface area contributed by atoms with Crippen LogP contribution in [-0.2, 0) is 16.6 Å². The average Bonchev–Trinajstić information content (AvgIpc) is 3.03. The van der Waals surface area contributed by atoms with Crippen LogP contribution in [0.15, 0.2) is 32.6 Å². The summed E-state index contributed by atoms with van der Waals surface area (Å²) in [4.78, 5) is 39.6. The van der Waals surface area contributed by atoms with Crippen molar-refractivity contribution in [2.75, 3.05) is 21.1 Å². The Morgan fingerprint density at radius 1 is 1.36 bits per heavy atom. The van der Waals surface area contributed by atoms with Crippen LogP contribution in [0.25, 0.3) is 6.08 Å². The van der Waals surface area contributed by atoms with Gasteiger partial charge in [0, 0.05) is 28.2 Å². The van der Waals surface area contributed by atoms with E-state index in [0.717, 1.165) is 5.01 Å². The minimum atomic E-state index is -0.474. The predicted molar refractivity (Wildman–Crippen MR) is 92.5 cm³/mol. The molecule has 1 aromatic heterocycles. The first-order valence-corrected chi connectivity index (χ1v) is 7.24. The lowest BCUT2D eigenvalue weighted by Crippen LogP contribution is -2.28. The molecule has 0 radical (unpaired) electrons. The Kier molecular flexibility index (Phi) is 5.32. The molecule has 0 aliphatic carbocycles. The van der Waals surface area contributed by atoms with Crippen LogP contribution in [0.4, 0.5) is 0 Å². The smallest absolute Gasteiger partial charge is 0.277 e. The van der Waals surface area contributed by atoms with Gasteiger partial charge < -0.3 is 10.1 Å². The molecule has 1 aliphatic heterocycles. The Bertz CT molecular complexity index is 871. The molecule has 2 N–H and O–H groups in total. The second-order valence-electron chi connectivity index (χ2n) is 5.00. The minimum absolute atomic E-state index is 0.0104. The molecule has 0 saturated heterocycles. The topological polar surface area (TPSA) is 121 Å². The van der Waals surface area contributed by atoms with Crippen LogP contribution >= 0.6 is 0 Å². The summed E-state index contributed by atoms with van der Waals surface area (Å²) in [6, 6.07) is 0. The predicted octanol–water partition coefficient (Wildman–Crippen LogP) is -0.736. The van der Waals surface area contributed by atoms with Crippen molar-refractivity contribution in [2.24, 2.45) is 17.1 Å². The lowest BCUT2D eigenvalue weighted by molar-refractivity contribution is -0.124. The number of aromatic amines is 1. The number of carbonyl (C=O) groups excluding carboxylic acids is 2. The first-order valence-electron chi connectivity index (χ1n) is 7.24. The summed E-state index contributed by atoms with van der Waals surface area (Å²) >= 11 is 0. The third-order valence-electron chi connectivity index (χ3n) is 3.32. The van der Waals surface area contributed by atoms with Crippen molar-refractivity contribution in [3.05, 3.63) is 33.6 Å². The number of amides is 2. The number of aromatic nitrogens is 2. The zero-order chi connectivity index (χ0) is 18.6. The van der Waals surface area contributed by atoms with Gasteiger partial charge in [-0.25, -0.2) is 5.01 Å². The number of H-pyrrole nitrogens is 1. The lowest BCUT2D eigenvalue weighted by atomic mass is 10.1. The molecule has 2 heterocycles. The van der Waals surface area contributed by atoms with E-state index in [2.05, 4.69) is 20.5 Å². The van der Waals surface area contributed by atoms with E-state index in [9.17, 15) is 14.4 Å². The van der Waals surface area contributed by atoms with Crippen LogP contribution in [0, 0.1) is 0 Å². The molecule has 10 heteroatoms. The van der Waals surface area contributed by atoms with Gasteiger partial charge in [-0.1, -0.05) is 6.08 Å². The number of hydrogen-bond donors (Lipinski definition) is 2. The van der Waals surface area contributed by atoms with Crippen molar-refractivity contribution in [3.8, 4) is 5.88 Å². The number of rotatable bonds is 5. The number of nitrogens with one attached hydrogen (secondary N) is 2. The van der Waals surface area contributed by atoms with Crippen molar-refractivity contribution >= 4 is 30.0 Å². The fourth-order valence-electron chi connectivity index (χ4n) is 2.09. The first kappa shape index (κ1) is 17.9. The number of aryl methyl sites for hydroxylation is 1. The molecule has 132 valence electrons. The van der Waals surface area contributed by atoms with E-state index in [0.29, 0.717) is 0 Å². The largest absolute Gasteiger partial charge is 0.428 e. The van der Waals surface area contributed by atoms with Crippen LogP contribution in [0.1, 0.15) is 5.56 Å². The molecule has 2 amide bonds. The van der Waals surface area contributed by atoms with Crippen LogP contribution in [0.5, 0.6) is 5.88 Å². The maximum atomic E-state index is 12.1. The molecule has 25 heavy (non-hydrogen) atoms. The standard InChI is InChI=1S/C15H18N6O4/c1-16-8-25-13-10(15(24)21(4)19-13)7-5-6-9-11(12(22)17-2)18-20(3)14(9)23/h5-8,19H,1-4H3,(H,17,22)/b7-5?,9-6-,16-8?. The number of likely N-dealkylation sites (N-methyl/N-ethyl adjacent to an activating group) is 1. The molecule has 0 saturated carbocycles. The second-order valence-corrected chi connectivity index (χ2v) is 5.00. The van der Waals surface area contributed by atoms with Gasteiger partial charge in [-0.2, -0.15) is 5.10 Å². The molecular formula is C15H18N6O4. The summed E-state index contributed by atoms with van der Waals surface area (Å²) < 4.78 is 6.47. The van der Waals surface area contributed by atoms with Crippen molar-refractivity contribution in [2.45, 2.75) is 0 Å². The molecule has 0 unspecified atom stereocenters. The highest BCUT2D eigenvalue weighted by atomic mass is 16.5. The van der Waals surface area contributed by atoms with Gasteiger partial charge in [-0.05, 0) is 12.2 Å². The maximum Gasteiger partial charge on any atom is 0.277 e. The zero-order valence-corrected chi connectivity index (χ0v) is 14.2. The van der Waals surface area contributed by atoms with E-state index in [4.69, 9.17) is 4.74 Å². The van der Waals surface area contributed by atoms with Gasteiger partial charge in [-0.3, -0.25) is 29.2 Å². The van der Waals surface area contributed by atoms with Gasteiger partial charge in [0.2, 0.25) is 5.88 Å². The number of ether oxygens (including phenoxy) is 1. The number of hydrogen-bond acceptors (Lipinski definition) is 6. The van der Waals surface area contributed by atoms with E-state index in [1.807, 2.05) is 0 Å². The molecule has 1 aliphatic rings. The fraction of sp³-hybridized carbons (Fsp3) is 0.267. The summed E-state index contributed by atoms with van der Waals surface area (Å²) in [5.74, 6) is -0.680. The Balaban J connectivity index is 2.35. The number of nitrogens with zero attached hydrogens (tertiary/aromatic N) is 4. The molecule has 0 fully saturated rings. The molecular weight excluding hydrogens is 328 g/mol. The summed E-state index contributed by atoms with van der Waals surface area (Å²) in [7, 11) is 5.97. The highest BCUT2D eigenvalue weighted by molar-refractivity contribution is 6.52. The number of allylic oxidation sites excluding steroid dienone is 2.